The first kappa shape index (κ1) is 20.5. The third-order valence-electron chi connectivity index (χ3n) is 5.30. The molecule has 0 fully saturated rings. The van der Waals surface area contributed by atoms with Gasteiger partial charge in [-0.05, 0) is 37.3 Å². The Kier molecular flexibility index (Phi) is 5.55. The van der Waals surface area contributed by atoms with Gasteiger partial charge in [0, 0.05) is 5.56 Å². The van der Waals surface area contributed by atoms with Crippen molar-refractivity contribution in [1.82, 2.24) is 19.6 Å². The third kappa shape index (κ3) is 3.83. The number of hydrogen-bond donors (Lipinski definition) is 0. The van der Waals surface area contributed by atoms with E-state index in [1.54, 1.807) is 22.5 Å². The minimum atomic E-state index is -0.422. The van der Waals surface area contributed by atoms with Crippen molar-refractivity contribution in [2.45, 2.75) is 6.92 Å². The van der Waals surface area contributed by atoms with Gasteiger partial charge in [0.05, 0.1) is 35.6 Å². The first-order chi connectivity index (χ1) is 16.3. The third-order valence-corrected chi connectivity index (χ3v) is 5.30. The molecule has 0 aliphatic carbocycles. The molecule has 5 aromatic rings. The summed E-state index contributed by atoms with van der Waals surface area (Å²) >= 11 is 0. The SMILES string of the molecule is CCOC(=O)c1c(-c2ccnn2-c2ccccc2)nn(-c2ccccc2)c1-c1ccccc1. The predicted octanol–water partition coefficient (Wildman–Crippen LogP) is 5.57. The van der Waals surface area contributed by atoms with Gasteiger partial charge < -0.3 is 4.74 Å². The number of para-hydroxylation sites is 2. The van der Waals surface area contributed by atoms with Gasteiger partial charge in [-0.25, -0.2) is 14.2 Å². The molecule has 0 atom stereocenters. The molecule has 6 nitrogen and oxygen atoms in total. The van der Waals surface area contributed by atoms with E-state index in [0.29, 0.717) is 22.6 Å². The van der Waals surface area contributed by atoms with Crippen LogP contribution >= 0.6 is 0 Å². The summed E-state index contributed by atoms with van der Waals surface area (Å²) in [6, 6.07) is 31.2. The summed E-state index contributed by atoms with van der Waals surface area (Å²) in [4.78, 5) is 13.3. The van der Waals surface area contributed by atoms with E-state index in [4.69, 9.17) is 9.84 Å². The summed E-state index contributed by atoms with van der Waals surface area (Å²) in [6.45, 7) is 2.07. The van der Waals surface area contributed by atoms with Crippen molar-refractivity contribution < 1.29 is 9.53 Å². The number of hydrogen-bond acceptors (Lipinski definition) is 4. The number of rotatable bonds is 6. The Morgan fingerprint density at radius 2 is 1.36 bits per heavy atom. The fourth-order valence-electron chi connectivity index (χ4n) is 3.87. The molecule has 5 rings (SSSR count). The van der Waals surface area contributed by atoms with Crippen molar-refractivity contribution in [3.63, 3.8) is 0 Å². The molecule has 0 saturated carbocycles. The van der Waals surface area contributed by atoms with Crippen molar-refractivity contribution in [2.24, 2.45) is 0 Å². The molecule has 0 radical (unpaired) electrons. The van der Waals surface area contributed by atoms with E-state index < -0.39 is 5.97 Å². The first-order valence-electron chi connectivity index (χ1n) is 10.8. The molecule has 0 saturated heterocycles. The summed E-state index contributed by atoms with van der Waals surface area (Å²) in [6.07, 6.45) is 1.71. The number of benzene rings is 3. The molecular weight excluding hydrogens is 412 g/mol. The van der Waals surface area contributed by atoms with E-state index >= 15 is 0 Å². The van der Waals surface area contributed by atoms with E-state index in [0.717, 1.165) is 16.9 Å². The normalized spacial score (nSPS) is 10.8. The highest BCUT2D eigenvalue weighted by Gasteiger charge is 2.29. The Labute approximate surface area is 191 Å². The fourth-order valence-corrected chi connectivity index (χ4v) is 3.87. The van der Waals surface area contributed by atoms with Crippen LogP contribution in [-0.2, 0) is 4.74 Å². The molecule has 0 N–H and O–H groups in total. The molecule has 6 heteroatoms. The zero-order valence-electron chi connectivity index (χ0n) is 18.1. The van der Waals surface area contributed by atoms with Crippen LogP contribution in [0.5, 0.6) is 0 Å². The van der Waals surface area contributed by atoms with Gasteiger partial charge >= 0.3 is 5.97 Å². The molecule has 0 amide bonds. The van der Waals surface area contributed by atoms with Crippen molar-refractivity contribution >= 4 is 5.97 Å². The second-order valence-corrected chi connectivity index (χ2v) is 7.37. The van der Waals surface area contributed by atoms with E-state index in [1.165, 1.54) is 0 Å². The van der Waals surface area contributed by atoms with Crippen LogP contribution in [-0.4, -0.2) is 32.1 Å². The maximum absolute atomic E-state index is 13.3. The van der Waals surface area contributed by atoms with Gasteiger partial charge in [0.2, 0.25) is 0 Å². The lowest BCUT2D eigenvalue weighted by molar-refractivity contribution is 0.0528. The predicted molar refractivity (Wildman–Crippen MR) is 128 cm³/mol. The van der Waals surface area contributed by atoms with Gasteiger partial charge in [-0.2, -0.15) is 10.2 Å². The van der Waals surface area contributed by atoms with E-state index in [2.05, 4.69) is 5.10 Å². The standard InChI is InChI=1S/C27H22N4O2/c1-2-33-27(32)24-25(23-18-19-28-30(23)21-14-8-4-9-15-21)29-31(22-16-10-5-11-17-22)26(24)20-12-6-3-7-13-20/h3-19H,2H2,1H3. The van der Waals surface area contributed by atoms with Crippen molar-refractivity contribution in [2.75, 3.05) is 6.61 Å². The first-order valence-corrected chi connectivity index (χ1v) is 10.8. The summed E-state index contributed by atoms with van der Waals surface area (Å²) in [5.41, 5.74) is 4.89. The average Bonchev–Trinajstić information content (AvgIpc) is 3.51. The number of ether oxygens (including phenoxy) is 1. The Bertz CT molecular complexity index is 1370. The minimum absolute atomic E-state index is 0.265. The second-order valence-electron chi connectivity index (χ2n) is 7.37. The van der Waals surface area contributed by atoms with Crippen LogP contribution in [0.1, 0.15) is 17.3 Å². The fraction of sp³-hybridized carbons (Fsp3) is 0.0741. The number of nitrogens with zero attached hydrogens (tertiary/aromatic N) is 4. The lowest BCUT2D eigenvalue weighted by atomic mass is 10.0. The van der Waals surface area contributed by atoms with Gasteiger partial charge in [0.25, 0.3) is 0 Å². The summed E-state index contributed by atoms with van der Waals surface area (Å²) in [7, 11) is 0. The molecule has 0 unspecified atom stereocenters. The Balaban J connectivity index is 1.82. The molecule has 162 valence electrons. The second kappa shape index (κ2) is 8.96. The topological polar surface area (TPSA) is 61.9 Å². The van der Waals surface area contributed by atoms with E-state index in [-0.39, 0.29) is 6.61 Å². The Morgan fingerprint density at radius 1 is 0.788 bits per heavy atom. The highest BCUT2D eigenvalue weighted by atomic mass is 16.5. The molecule has 0 aliphatic heterocycles. The van der Waals surface area contributed by atoms with Gasteiger partial charge in [-0.3, -0.25) is 0 Å². The highest BCUT2D eigenvalue weighted by Crippen LogP contribution is 2.35. The quantitative estimate of drug-likeness (QED) is 0.328. The molecule has 33 heavy (non-hydrogen) atoms. The molecule has 0 aliphatic rings. The van der Waals surface area contributed by atoms with Crippen molar-refractivity contribution in [3.05, 3.63) is 109 Å². The maximum Gasteiger partial charge on any atom is 0.342 e. The summed E-state index contributed by atoms with van der Waals surface area (Å²) in [5, 5.41) is 9.45. The van der Waals surface area contributed by atoms with Crippen LogP contribution in [0.25, 0.3) is 34.0 Å². The maximum atomic E-state index is 13.3. The Hall–Kier alpha value is -4.45. The number of carbonyl (C=O) groups excluding carboxylic acids is 1. The van der Waals surface area contributed by atoms with Crippen LogP contribution < -0.4 is 0 Å². The number of carbonyl (C=O) groups is 1. The minimum Gasteiger partial charge on any atom is -0.462 e. The lowest BCUT2D eigenvalue weighted by Gasteiger charge is -2.10. The van der Waals surface area contributed by atoms with Crippen LogP contribution in [0.2, 0.25) is 0 Å². The van der Waals surface area contributed by atoms with Crippen LogP contribution in [0.4, 0.5) is 0 Å². The van der Waals surface area contributed by atoms with Crippen molar-refractivity contribution in [1.29, 1.82) is 0 Å². The summed E-state index contributed by atoms with van der Waals surface area (Å²) in [5.74, 6) is -0.422. The highest BCUT2D eigenvalue weighted by molar-refractivity contribution is 6.02. The van der Waals surface area contributed by atoms with Gasteiger partial charge in [0.15, 0.2) is 0 Å². The van der Waals surface area contributed by atoms with Gasteiger partial charge in [-0.15, -0.1) is 0 Å². The van der Waals surface area contributed by atoms with Crippen LogP contribution in [0.3, 0.4) is 0 Å². The number of esters is 1. The van der Waals surface area contributed by atoms with E-state index in [1.807, 2.05) is 97.1 Å². The zero-order chi connectivity index (χ0) is 22.6. The van der Waals surface area contributed by atoms with Crippen LogP contribution in [0.15, 0.2) is 103 Å². The monoisotopic (exact) mass is 434 g/mol. The van der Waals surface area contributed by atoms with Crippen LogP contribution in [0, 0.1) is 0 Å². The summed E-state index contributed by atoms with van der Waals surface area (Å²) < 4.78 is 9.09. The largest absolute Gasteiger partial charge is 0.462 e. The number of aromatic nitrogens is 4. The lowest BCUT2D eigenvalue weighted by Crippen LogP contribution is -2.09. The molecular formula is C27H22N4O2. The molecule has 2 heterocycles. The molecule has 0 bridgehead atoms. The van der Waals surface area contributed by atoms with E-state index in [9.17, 15) is 4.79 Å². The molecule has 0 spiro atoms. The van der Waals surface area contributed by atoms with Gasteiger partial charge in [0.1, 0.15) is 11.3 Å². The zero-order valence-corrected chi connectivity index (χ0v) is 18.1. The molecule has 3 aromatic carbocycles. The van der Waals surface area contributed by atoms with Gasteiger partial charge in [-0.1, -0.05) is 66.7 Å². The van der Waals surface area contributed by atoms with Crippen molar-refractivity contribution in [3.8, 4) is 34.0 Å². The molecule has 2 aromatic heterocycles. The average molecular weight is 434 g/mol. The smallest absolute Gasteiger partial charge is 0.342 e. The Morgan fingerprint density at radius 3 is 1.97 bits per heavy atom.